The lowest BCUT2D eigenvalue weighted by atomic mass is 9.88. The monoisotopic (exact) mass is 378 g/mol. The molecular formula is C21H22N4OS. The summed E-state index contributed by atoms with van der Waals surface area (Å²) in [6, 6.07) is 16.6. The van der Waals surface area contributed by atoms with Gasteiger partial charge in [-0.25, -0.2) is 4.98 Å². The Labute approximate surface area is 163 Å². The number of fused-ring (bicyclic) bond motifs is 1. The Morgan fingerprint density at radius 2 is 2.04 bits per heavy atom. The van der Waals surface area contributed by atoms with Crippen LogP contribution in [0.3, 0.4) is 0 Å². The van der Waals surface area contributed by atoms with Gasteiger partial charge in [0.15, 0.2) is 5.82 Å². The quantitative estimate of drug-likeness (QED) is 0.657. The van der Waals surface area contributed by atoms with E-state index in [1.54, 1.807) is 0 Å². The minimum Gasteiger partial charge on any atom is -0.349 e. The number of aryl methyl sites for hydroxylation is 2. The van der Waals surface area contributed by atoms with Crippen molar-refractivity contribution < 1.29 is 4.79 Å². The largest absolute Gasteiger partial charge is 0.349 e. The Bertz CT molecular complexity index is 935. The highest BCUT2D eigenvalue weighted by Gasteiger charge is 2.21. The van der Waals surface area contributed by atoms with Gasteiger partial charge in [0, 0.05) is 5.56 Å². The fourth-order valence-electron chi connectivity index (χ4n) is 3.42. The van der Waals surface area contributed by atoms with Crippen LogP contribution in [0.1, 0.15) is 35.6 Å². The highest BCUT2D eigenvalue weighted by Crippen LogP contribution is 2.29. The van der Waals surface area contributed by atoms with Crippen LogP contribution < -0.4 is 5.32 Å². The summed E-state index contributed by atoms with van der Waals surface area (Å²) >= 11 is 1.35. The maximum Gasteiger partial charge on any atom is 0.230 e. The van der Waals surface area contributed by atoms with Crippen molar-refractivity contribution in [1.82, 2.24) is 20.5 Å². The maximum absolute atomic E-state index is 12.4. The van der Waals surface area contributed by atoms with Crippen LogP contribution in [-0.4, -0.2) is 26.8 Å². The lowest BCUT2D eigenvalue weighted by molar-refractivity contribution is -0.119. The molecule has 3 aromatic rings. The fraction of sp³-hybridized carbons (Fsp3) is 0.286. The molecule has 0 saturated heterocycles. The van der Waals surface area contributed by atoms with E-state index in [-0.39, 0.29) is 11.9 Å². The van der Waals surface area contributed by atoms with Crippen molar-refractivity contribution in [3.8, 4) is 11.4 Å². The third-order valence-corrected chi connectivity index (χ3v) is 5.67. The second-order valence-electron chi connectivity index (χ2n) is 6.83. The minimum atomic E-state index is 0.0170. The maximum atomic E-state index is 12.4. The molecule has 1 amide bonds. The SMILES string of the molecule is Cc1ccc(-c2nc(SCC(=O)N[C@@H]3CCCc4ccccc43)n[nH]2)cc1. The molecule has 2 N–H and O–H groups in total. The van der Waals surface area contributed by atoms with Crippen molar-refractivity contribution in [2.45, 2.75) is 37.4 Å². The Kier molecular flexibility index (Phi) is 5.25. The van der Waals surface area contributed by atoms with Crippen LogP contribution in [0.15, 0.2) is 53.7 Å². The molecule has 4 rings (SSSR count). The van der Waals surface area contributed by atoms with E-state index < -0.39 is 0 Å². The summed E-state index contributed by atoms with van der Waals surface area (Å²) in [5, 5.41) is 10.9. The van der Waals surface area contributed by atoms with Gasteiger partial charge in [0.25, 0.3) is 0 Å². The molecule has 0 aliphatic heterocycles. The number of carbonyl (C=O) groups excluding carboxylic acids is 1. The summed E-state index contributed by atoms with van der Waals surface area (Å²) in [6.45, 7) is 2.05. The van der Waals surface area contributed by atoms with E-state index in [4.69, 9.17) is 0 Å². The van der Waals surface area contributed by atoms with Crippen molar-refractivity contribution in [2.75, 3.05) is 5.75 Å². The van der Waals surface area contributed by atoms with Crippen LogP contribution in [0.25, 0.3) is 11.4 Å². The number of nitrogens with one attached hydrogen (secondary N) is 2. The summed E-state index contributed by atoms with van der Waals surface area (Å²) in [4.78, 5) is 16.9. The molecule has 0 fully saturated rings. The van der Waals surface area contributed by atoms with Gasteiger partial charge in [-0.1, -0.05) is 65.9 Å². The van der Waals surface area contributed by atoms with Gasteiger partial charge in [-0.2, -0.15) is 0 Å². The van der Waals surface area contributed by atoms with E-state index in [0.29, 0.717) is 10.9 Å². The van der Waals surface area contributed by atoms with Crippen LogP contribution in [0.4, 0.5) is 0 Å². The number of benzene rings is 2. The second kappa shape index (κ2) is 7.96. The van der Waals surface area contributed by atoms with Crippen molar-refractivity contribution in [2.24, 2.45) is 0 Å². The summed E-state index contributed by atoms with van der Waals surface area (Å²) in [6.07, 6.45) is 3.19. The molecule has 1 heterocycles. The third kappa shape index (κ3) is 4.22. The van der Waals surface area contributed by atoms with Gasteiger partial charge in [-0.05, 0) is 37.3 Å². The number of aromatic nitrogens is 3. The number of rotatable bonds is 5. The Morgan fingerprint density at radius 3 is 2.89 bits per heavy atom. The summed E-state index contributed by atoms with van der Waals surface area (Å²) in [5.41, 5.74) is 4.79. The molecule has 0 bridgehead atoms. The predicted molar refractivity (Wildman–Crippen MR) is 108 cm³/mol. The normalized spacial score (nSPS) is 16.0. The van der Waals surface area contributed by atoms with Crippen LogP contribution in [0, 0.1) is 6.92 Å². The standard InChI is InChI=1S/C21H22N4OS/c1-14-9-11-16(12-10-14)20-23-21(25-24-20)27-13-19(26)22-18-8-4-6-15-5-2-3-7-17(15)18/h2-3,5,7,9-12,18H,4,6,8,13H2,1H3,(H,22,26)(H,23,24,25)/t18-/m1/s1. The zero-order valence-corrected chi connectivity index (χ0v) is 16.1. The molecule has 1 atom stereocenters. The predicted octanol–water partition coefficient (Wildman–Crippen LogP) is 4.07. The molecular weight excluding hydrogens is 356 g/mol. The number of H-pyrrole nitrogens is 1. The summed E-state index contributed by atoms with van der Waals surface area (Å²) in [7, 11) is 0. The van der Waals surface area contributed by atoms with Crippen molar-refractivity contribution in [1.29, 1.82) is 0 Å². The van der Waals surface area contributed by atoms with Crippen molar-refractivity contribution in [3.05, 3.63) is 65.2 Å². The number of hydrogen-bond donors (Lipinski definition) is 2. The van der Waals surface area contributed by atoms with E-state index >= 15 is 0 Å². The number of nitrogens with zero attached hydrogens (tertiary/aromatic N) is 2. The molecule has 138 valence electrons. The van der Waals surface area contributed by atoms with Gasteiger partial charge in [0.1, 0.15) is 0 Å². The first kappa shape index (κ1) is 17.8. The van der Waals surface area contributed by atoms with Gasteiger partial charge in [-0.15, -0.1) is 5.10 Å². The molecule has 2 aromatic carbocycles. The first-order valence-electron chi connectivity index (χ1n) is 9.18. The van der Waals surface area contributed by atoms with Crippen LogP contribution >= 0.6 is 11.8 Å². The Morgan fingerprint density at radius 1 is 1.22 bits per heavy atom. The molecule has 0 radical (unpaired) electrons. The van der Waals surface area contributed by atoms with Crippen molar-refractivity contribution in [3.63, 3.8) is 0 Å². The van der Waals surface area contributed by atoms with Crippen LogP contribution in [-0.2, 0) is 11.2 Å². The van der Waals surface area contributed by atoms with Crippen molar-refractivity contribution >= 4 is 17.7 Å². The van der Waals surface area contributed by atoms with E-state index in [1.807, 2.05) is 30.3 Å². The Hall–Kier alpha value is -2.60. The zero-order valence-electron chi connectivity index (χ0n) is 15.2. The third-order valence-electron chi connectivity index (χ3n) is 4.83. The minimum absolute atomic E-state index is 0.0170. The molecule has 1 aliphatic carbocycles. The molecule has 27 heavy (non-hydrogen) atoms. The number of carbonyl (C=O) groups is 1. The smallest absolute Gasteiger partial charge is 0.230 e. The number of thioether (sulfide) groups is 1. The summed E-state index contributed by atoms with van der Waals surface area (Å²) < 4.78 is 0. The Balaban J connectivity index is 1.34. The molecule has 0 unspecified atom stereocenters. The van der Waals surface area contributed by atoms with E-state index in [2.05, 4.69) is 45.6 Å². The lowest BCUT2D eigenvalue weighted by Crippen LogP contribution is -2.32. The first-order valence-corrected chi connectivity index (χ1v) is 10.2. The van der Waals surface area contributed by atoms with Gasteiger partial charge < -0.3 is 5.32 Å². The second-order valence-corrected chi connectivity index (χ2v) is 7.77. The average molecular weight is 379 g/mol. The van der Waals surface area contributed by atoms with Crippen LogP contribution in [0.5, 0.6) is 0 Å². The highest BCUT2D eigenvalue weighted by molar-refractivity contribution is 7.99. The number of aromatic amines is 1. The zero-order chi connectivity index (χ0) is 18.6. The van der Waals surface area contributed by atoms with Gasteiger partial charge >= 0.3 is 0 Å². The molecule has 0 spiro atoms. The van der Waals surface area contributed by atoms with Crippen LogP contribution in [0.2, 0.25) is 0 Å². The topological polar surface area (TPSA) is 70.7 Å². The number of hydrogen-bond acceptors (Lipinski definition) is 4. The molecule has 5 nitrogen and oxygen atoms in total. The first-order chi connectivity index (χ1) is 13.2. The molecule has 1 aliphatic rings. The number of amides is 1. The molecule has 6 heteroatoms. The fourth-order valence-corrected chi connectivity index (χ4v) is 4.03. The average Bonchev–Trinajstić information content (AvgIpc) is 3.16. The molecule has 1 aromatic heterocycles. The lowest BCUT2D eigenvalue weighted by Gasteiger charge is -2.26. The van der Waals surface area contributed by atoms with Gasteiger partial charge in [-0.3, -0.25) is 9.89 Å². The van der Waals surface area contributed by atoms with Gasteiger partial charge in [0.05, 0.1) is 11.8 Å². The summed E-state index contributed by atoms with van der Waals surface area (Å²) in [5.74, 6) is 1.05. The van der Waals surface area contributed by atoms with E-state index in [0.717, 1.165) is 30.7 Å². The van der Waals surface area contributed by atoms with E-state index in [1.165, 1.54) is 28.5 Å². The van der Waals surface area contributed by atoms with Gasteiger partial charge in [0.2, 0.25) is 11.1 Å². The highest BCUT2D eigenvalue weighted by atomic mass is 32.2. The molecule has 0 saturated carbocycles. The van der Waals surface area contributed by atoms with E-state index in [9.17, 15) is 4.79 Å².